The van der Waals surface area contributed by atoms with Gasteiger partial charge in [0, 0.05) is 6.54 Å². The molecule has 0 aromatic rings. The Labute approximate surface area is 58.2 Å². The smallest absolute Gasteiger partial charge is 0.0132 e. The number of allylic oxidation sites excluding steroid dienone is 1. The highest BCUT2D eigenvalue weighted by atomic mass is 14.8. The molecule has 0 bridgehead atoms. The largest absolute Gasteiger partial charge is 0.316 e. The molecule has 0 atom stereocenters. The van der Waals surface area contributed by atoms with Gasteiger partial charge in [-0.1, -0.05) is 32.9 Å². The van der Waals surface area contributed by atoms with Crippen molar-refractivity contribution < 1.29 is 0 Å². The van der Waals surface area contributed by atoms with Crippen molar-refractivity contribution in [3.8, 4) is 0 Å². The summed E-state index contributed by atoms with van der Waals surface area (Å²) in [5.74, 6) is 0. The molecular formula is C8H17N. The van der Waals surface area contributed by atoms with Crippen molar-refractivity contribution >= 4 is 0 Å². The lowest BCUT2D eigenvalue weighted by Gasteiger charge is -2.10. The second kappa shape index (κ2) is 3.67. The van der Waals surface area contributed by atoms with Gasteiger partial charge in [-0.05, 0) is 12.5 Å². The SMILES string of the molecule is CNC/C=C/C(C)(C)C. The third-order valence-electron chi connectivity index (χ3n) is 0.940. The predicted octanol–water partition coefficient (Wildman–Crippen LogP) is 1.81. The molecule has 54 valence electrons. The van der Waals surface area contributed by atoms with Gasteiger partial charge in [0.25, 0.3) is 0 Å². The van der Waals surface area contributed by atoms with Crippen LogP contribution in [-0.4, -0.2) is 13.6 Å². The van der Waals surface area contributed by atoms with E-state index in [2.05, 4.69) is 38.2 Å². The molecule has 9 heavy (non-hydrogen) atoms. The van der Waals surface area contributed by atoms with Gasteiger partial charge in [0.05, 0.1) is 0 Å². The molecule has 0 unspecified atom stereocenters. The highest BCUT2D eigenvalue weighted by Gasteiger charge is 2.01. The Bertz CT molecular complexity index is 87.2. The summed E-state index contributed by atoms with van der Waals surface area (Å²) in [5.41, 5.74) is 0.330. The van der Waals surface area contributed by atoms with E-state index in [1.54, 1.807) is 0 Å². The van der Waals surface area contributed by atoms with Crippen molar-refractivity contribution in [2.75, 3.05) is 13.6 Å². The van der Waals surface area contributed by atoms with Crippen molar-refractivity contribution in [1.82, 2.24) is 5.32 Å². The third kappa shape index (κ3) is 7.70. The quantitative estimate of drug-likeness (QED) is 0.558. The summed E-state index contributed by atoms with van der Waals surface area (Å²) in [4.78, 5) is 0. The molecule has 0 heterocycles. The average Bonchev–Trinajstić information content (AvgIpc) is 1.63. The Hall–Kier alpha value is -0.300. The molecule has 0 aliphatic rings. The van der Waals surface area contributed by atoms with Crippen LogP contribution in [0, 0.1) is 5.41 Å². The standard InChI is InChI=1S/C8H17N/c1-8(2,3)6-5-7-9-4/h5-6,9H,7H2,1-4H3/b6-5+. The molecule has 0 aliphatic carbocycles. The Kier molecular flexibility index (Phi) is 3.55. The lowest BCUT2D eigenvalue weighted by atomic mass is 9.96. The van der Waals surface area contributed by atoms with Crippen LogP contribution in [0.4, 0.5) is 0 Å². The Balaban J connectivity index is 3.45. The molecule has 0 rings (SSSR count). The summed E-state index contributed by atoms with van der Waals surface area (Å²) in [6.45, 7) is 7.55. The first kappa shape index (κ1) is 8.70. The second-order valence-corrected chi connectivity index (χ2v) is 3.33. The van der Waals surface area contributed by atoms with E-state index in [1.807, 2.05) is 7.05 Å². The van der Waals surface area contributed by atoms with Crippen molar-refractivity contribution in [3.63, 3.8) is 0 Å². The third-order valence-corrected chi connectivity index (χ3v) is 0.940. The van der Waals surface area contributed by atoms with E-state index in [0.717, 1.165) is 6.54 Å². The first-order valence-corrected chi connectivity index (χ1v) is 3.38. The van der Waals surface area contributed by atoms with Crippen LogP contribution in [0.25, 0.3) is 0 Å². The topological polar surface area (TPSA) is 12.0 Å². The summed E-state index contributed by atoms with van der Waals surface area (Å²) >= 11 is 0. The fraction of sp³-hybridized carbons (Fsp3) is 0.750. The first-order chi connectivity index (χ1) is 4.06. The average molecular weight is 127 g/mol. The number of rotatable bonds is 2. The highest BCUT2D eigenvalue weighted by molar-refractivity contribution is 4.92. The van der Waals surface area contributed by atoms with Crippen molar-refractivity contribution in [2.24, 2.45) is 5.41 Å². The van der Waals surface area contributed by atoms with E-state index < -0.39 is 0 Å². The van der Waals surface area contributed by atoms with Crippen LogP contribution >= 0.6 is 0 Å². The lowest BCUT2D eigenvalue weighted by molar-refractivity contribution is 0.542. The van der Waals surface area contributed by atoms with Gasteiger partial charge < -0.3 is 5.32 Å². The molecule has 0 radical (unpaired) electrons. The lowest BCUT2D eigenvalue weighted by Crippen LogP contribution is -2.06. The van der Waals surface area contributed by atoms with Crippen LogP contribution in [0.3, 0.4) is 0 Å². The van der Waals surface area contributed by atoms with Crippen LogP contribution < -0.4 is 5.32 Å². The summed E-state index contributed by atoms with van der Waals surface area (Å²) < 4.78 is 0. The van der Waals surface area contributed by atoms with Crippen LogP contribution in [0.15, 0.2) is 12.2 Å². The zero-order valence-electron chi connectivity index (χ0n) is 6.86. The summed E-state index contributed by atoms with van der Waals surface area (Å²) in [5, 5.41) is 3.05. The normalized spacial score (nSPS) is 12.9. The minimum absolute atomic E-state index is 0.330. The molecular weight excluding hydrogens is 110 g/mol. The molecule has 1 N–H and O–H groups in total. The molecule has 0 saturated heterocycles. The highest BCUT2D eigenvalue weighted by Crippen LogP contribution is 2.13. The van der Waals surface area contributed by atoms with E-state index >= 15 is 0 Å². The molecule has 1 nitrogen and oxygen atoms in total. The van der Waals surface area contributed by atoms with Gasteiger partial charge in [0.15, 0.2) is 0 Å². The molecule has 0 spiro atoms. The van der Waals surface area contributed by atoms with Gasteiger partial charge in [-0.2, -0.15) is 0 Å². The number of likely N-dealkylation sites (N-methyl/N-ethyl adjacent to an activating group) is 1. The predicted molar refractivity (Wildman–Crippen MR) is 42.5 cm³/mol. The molecule has 0 aromatic carbocycles. The van der Waals surface area contributed by atoms with Gasteiger partial charge in [-0.3, -0.25) is 0 Å². The van der Waals surface area contributed by atoms with E-state index in [0.29, 0.717) is 5.41 Å². The zero-order chi connectivity index (χ0) is 7.33. The van der Waals surface area contributed by atoms with Crippen LogP contribution in [0.1, 0.15) is 20.8 Å². The molecule has 0 amide bonds. The van der Waals surface area contributed by atoms with Gasteiger partial charge in [0.1, 0.15) is 0 Å². The minimum atomic E-state index is 0.330. The maximum Gasteiger partial charge on any atom is 0.0132 e. The van der Waals surface area contributed by atoms with E-state index in [4.69, 9.17) is 0 Å². The summed E-state index contributed by atoms with van der Waals surface area (Å²) in [6.07, 6.45) is 4.36. The first-order valence-electron chi connectivity index (χ1n) is 3.38. The molecule has 0 saturated carbocycles. The molecule has 0 aliphatic heterocycles. The maximum absolute atomic E-state index is 3.05. The minimum Gasteiger partial charge on any atom is -0.316 e. The van der Waals surface area contributed by atoms with Gasteiger partial charge in [0.2, 0.25) is 0 Å². The van der Waals surface area contributed by atoms with Crippen molar-refractivity contribution in [2.45, 2.75) is 20.8 Å². The maximum atomic E-state index is 3.05. The Morgan fingerprint density at radius 3 is 2.22 bits per heavy atom. The number of nitrogens with one attached hydrogen (secondary N) is 1. The molecule has 0 fully saturated rings. The molecule has 0 aromatic heterocycles. The molecule has 1 heteroatoms. The number of hydrogen-bond donors (Lipinski definition) is 1. The van der Waals surface area contributed by atoms with E-state index in [-0.39, 0.29) is 0 Å². The Morgan fingerprint density at radius 1 is 1.33 bits per heavy atom. The second-order valence-electron chi connectivity index (χ2n) is 3.33. The van der Waals surface area contributed by atoms with Gasteiger partial charge in [-0.25, -0.2) is 0 Å². The van der Waals surface area contributed by atoms with E-state index in [1.165, 1.54) is 0 Å². The van der Waals surface area contributed by atoms with Crippen molar-refractivity contribution in [3.05, 3.63) is 12.2 Å². The zero-order valence-corrected chi connectivity index (χ0v) is 6.86. The van der Waals surface area contributed by atoms with Crippen molar-refractivity contribution in [1.29, 1.82) is 0 Å². The van der Waals surface area contributed by atoms with Crippen LogP contribution in [0.5, 0.6) is 0 Å². The van der Waals surface area contributed by atoms with Gasteiger partial charge in [-0.15, -0.1) is 0 Å². The fourth-order valence-electron chi connectivity index (χ4n) is 0.530. The fourth-order valence-corrected chi connectivity index (χ4v) is 0.530. The van der Waals surface area contributed by atoms with Gasteiger partial charge >= 0.3 is 0 Å². The summed E-state index contributed by atoms with van der Waals surface area (Å²) in [6, 6.07) is 0. The summed E-state index contributed by atoms with van der Waals surface area (Å²) in [7, 11) is 1.95. The number of hydrogen-bond acceptors (Lipinski definition) is 1. The Morgan fingerprint density at radius 2 is 1.89 bits per heavy atom. The van der Waals surface area contributed by atoms with E-state index in [9.17, 15) is 0 Å². The van der Waals surface area contributed by atoms with Crippen LogP contribution in [-0.2, 0) is 0 Å². The van der Waals surface area contributed by atoms with Crippen LogP contribution in [0.2, 0.25) is 0 Å². The monoisotopic (exact) mass is 127 g/mol.